The summed E-state index contributed by atoms with van der Waals surface area (Å²) in [6.45, 7) is 2.17. The average molecular weight is 451 g/mol. The van der Waals surface area contributed by atoms with Crippen LogP contribution in [0.15, 0.2) is 75.9 Å². The van der Waals surface area contributed by atoms with E-state index in [2.05, 4.69) is 26.1 Å². The van der Waals surface area contributed by atoms with Crippen molar-refractivity contribution in [3.63, 3.8) is 0 Å². The van der Waals surface area contributed by atoms with E-state index in [0.29, 0.717) is 17.4 Å². The Morgan fingerprint density at radius 3 is 2.69 bits per heavy atom. The molecule has 0 unspecified atom stereocenters. The molecule has 2 aromatic carbocycles. The molecule has 29 heavy (non-hydrogen) atoms. The minimum Gasteiger partial charge on any atom is -0.334 e. The maximum atomic E-state index is 12.8. The summed E-state index contributed by atoms with van der Waals surface area (Å²) >= 11 is 3.42. The van der Waals surface area contributed by atoms with E-state index >= 15 is 0 Å². The van der Waals surface area contributed by atoms with Crippen LogP contribution in [0.5, 0.6) is 0 Å². The minimum atomic E-state index is -0.0410. The van der Waals surface area contributed by atoms with Gasteiger partial charge in [-0.15, -0.1) is 0 Å². The summed E-state index contributed by atoms with van der Waals surface area (Å²) in [5.74, 6) is 0.836. The van der Waals surface area contributed by atoms with Crippen molar-refractivity contribution >= 4 is 27.5 Å². The number of benzene rings is 2. The first kappa shape index (κ1) is 19.1. The molecule has 0 radical (unpaired) electrons. The van der Waals surface area contributed by atoms with Gasteiger partial charge >= 0.3 is 0 Å². The second-order valence-corrected chi connectivity index (χ2v) is 7.66. The molecule has 2 aromatic heterocycles. The molecule has 6 nitrogen and oxygen atoms in total. The van der Waals surface area contributed by atoms with E-state index in [1.54, 1.807) is 11.9 Å². The predicted molar refractivity (Wildman–Crippen MR) is 115 cm³/mol. The van der Waals surface area contributed by atoms with Crippen LogP contribution in [-0.4, -0.2) is 27.7 Å². The number of carbonyl (C=O) groups is 1. The van der Waals surface area contributed by atoms with E-state index in [1.165, 1.54) is 0 Å². The van der Waals surface area contributed by atoms with Gasteiger partial charge in [-0.1, -0.05) is 33.2 Å². The number of likely N-dealkylation sites (N-methyl/N-ethyl adjacent to an activating group) is 1. The van der Waals surface area contributed by atoms with Crippen molar-refractivity contribution in [1.29, 1.82) is 0 Å². The highest BCUT2D eigenvalue weighted by Crippen LogP contribution is 2.24. The molecule has 2 heterocycles. The maximum Gasteiger partial charge on any atom is 0.274 e. The van der Waals surface area contributed by atoms with Crippen molar-refractivity contribution in [2.24, 2.45) is 0 Å². The molecule has 0 fully saturated rings. The first-order valence-corrected chi connectivity index (χ1v) is 9.89. The highest BCUT2D eigenvalue weighted by Gasteiger charge is 2.17. The Morgan fingerprint density at radius 1 is 1.14 bits per heavy atom. The summed E-state index contributed by atoms with van der Waals surface area (Å²) in [5.41, 5.74) is 3.53. The van der Waals surface area contributed by atoms with Crippen LogP contribution in [0.25, 0.3) is 23.0 Å². The number of aromatic nitrogens is 3. The van der Waals surface area contributed by atoms with E-state index in [1.807, 2.05) is 78.4 Å². The second-order valence-electron chi connectivity index (χ2n) is 6.74. The van der Waals surface area contributed by atoms with Crippen molar-refractivity contribution < 1.29 is 9.32 Å². The fourth-order valence-corrected chi connectivity index (χ4v) is 3.29. The highest BCUT2D eigenvalue weighted by molar-refractivity contribution is 9.10. The molecular formula is C22H19BrN4O2. The summed E-state index contributed by atoms with van der Waals surface area (Å²) in [6, 6.07) is 19.2. The Hall–Kier alpha value is -3.19. The smallest absolute Gasteiger partial charge is 0.274 e. The van der Waals surface area contributed by atoms with Crippen LogP contribution in [0.1, 0.15) is 5.56 Å². The van der Waals surface area contributed by atoms with Crippen LogP contribution in [0.2, 0.25) is 0 Å². The third kappa shape index (κ3) is 4.14. The zero-order chi connectivity index (χ0) is 20.4. The Balaban J connectivity index is 1.54. The van der Waals surface area contributed by atoms with Crippen LogP contribution in [0.4, 0.5) is 5.69 Å². The van der Waals surface area contributed by atoms with Crippen LogP contribution < -0.4 is 4.90 Å². The fraction of sp³-hybridized carbons (Fsp3) is 0.136. The van der Waals surface area contributed by atoms with Crippen molar-refractivity contribution in [1.82, 2.24) is 14.7 Å². The molecule has 4 aromatic rings. The van der Waals surface area contributed by atoms with Crippen LogP contribution in [0, 0.1) is 6.92 Å². The van der Waals surface area contributed by atoms with Gasteiger partial charge in [0, 0.05) is 29.0 Å². The van der Waals surface area contributed by atoms with E-state index in [9.17, 15) is 4.79 Å². The molecule has 0 saturated heterocycles. The van der Waals surface area contributed by atoms with Gasteiger partial charge in [-0.25, -0.2) is 0 Å². The minimum absolute atomic E-state index is 0.0410. The SMILES string of the molecule is Cc1cccc(N(C)C(=O)Cn2cccc2-c2nc(-c3ccc(Br)cc3)no2)c1. The number of amides is 1. The molecule has 0 saturated carbocycles. The van der Waals surface area contributed by atoms with E-state index in [0.717, 1.165) is 21.3 Å². The van der Waals surface area contributed by atoms with Gasteiger partial charge in [-0.2, -0.15) is 4.98 Å². The van der Waals surface area contributed by atoms with E-state index in [4.69, 9.17) is 4.52 Å². The first-order valence-electron chi connectivity index (χ1n) is 9.09. The summed E-state index contributed by atoms with van der Waals surface area (Å²) in [4.78, 5) is 18.9. The van der Waals surface area contributed by atoms with Gasteiger partial charge in [-0.05, 0) is 61.0 Å². The van der Waals surface area contributed by atoms with Crippen molar-refractivity contribution in [3.05, 3.63) is 76.9 Å². The summed E-state index contributed by atoms with van der Waals surface area (Å²) in [5, 5.41) is 4.07. The molecule has 0 aliphatic rings. The number of halogens is 1. The van der Waals surface area contributed by atoms with Crippen molar-refractivity contribution in [2.75, 3.05) is 11.9 Å². The maximum absolute atomic E-state index is 12.8. The lowest BCUT2D eigenvalue weighted by Gasteiger charge is -2.18. The molecule has 7 heteroatoms. The Morgan fingerprint density at radius 2 is 1.93 bits per heavy atom. The van der Waals surface area contributed by atoms with E-state index in [-0.39, 0.29) is 12.5 Å². The van der Waals surface area contributed by atoms with Gasteiger partial charge in [0.2, 0.25) is 11.7 Å². The molecule has 0 N–H and O–H groups in total. The molecule has 1 amide bonds. The molecule has 146 valence electrons. The molecule has 0 atom stereocenters. The third-order valence-corrected chi connectivity index (χ3v) is 5.17. The lowest BCUT2D eigenvalue weighted by Crippen LogP contribution is -2.30. The summed E-state index contributed by atoms with van der Waals surface area (Å²) < 4.78 is 8.25. The van der Waals surface area contributed by atoms with Gasteiger partial charge in [-0.3, -0.25) is 4.79 Å². The fourth-order valence-electron chi connectivity index (χ4n) is 3.02. The molecular weight excluding hydrogens is 432 g/mol. The molecule has 0 aliphatic heterocycles. The summed E-state index contributed by atoms with van der Waals surface area (Å²) in [6.07, 6.45) is 1.83. The normalized spacial score (nSPS) is 10.9. The van der Waals surface area contributed by atoms with Gasteiger partial charge in [0.1, 0.15) is 12.2 Å². The zero-order valence-corrected chi connectivity index (χ0v) is 17.6. The molecule has 0 spiro atoms. The molecule has 0 aliphatic carbocycles. The largest absolute Gasteiger partial charge is 0.334 e. The monoisotopic (exact) mass is 450 g/mol. The number of aryl methyl sites for hydroxylation is 1. The lowest BCUT2D eigenvalue weighted by atomic mass is 10.2. The number of hydrogen-bond donors (Lipinski definition) is 0. The van der Waals surface area contributed by atoms with Crippen LogP contribution in [0.3, 0.4) is 0 Å². The topological polar surface area (TPSA) is 64.2 Å². The first-order chi connectivity index (χ1) is 14.0. The average Bonchev–Trinajstić information content (AvgIpc) is 3.37. The third-order valence-electron chi connectivity index (χ3n) is 4.65. The number of rotatable bonds is 5. The number of carbonyl (C=O) groups excluding carboxylic acids is 1. The van der Waals surface area contributed by atoms with Gasteiger partial charge in [0.05, 0.1) is 0 Å². The van der Waals surface area contributed by atoms with Gasteiger partial charge in [0.15, 0.2) is 0 Å². The quantitative estimate of drug-likeness (QED) is 0.431. The highest BCUT2D eigenvalue weighted by atomic mass is 79.9. The lowest BCUT2D eigenvalue weighted by molar-refractivity contribution is -0.118. The summed E-state index contributed by atoms with van der Waals surface area (Å²) in [7, 11) is 1.78. The number of anilines is 1. The van der Waals surface area contributed by atoms with Crippen molar-refractivity contribution in [2.45, 2.75) is 13.5 Å². The van der Waals surface area contributed by atoms with E-state index < -0.39 is 0 Å². The van der Waals surface area contributed by atoms with Gasteiger partial charge in [0.25, 0.3) is 5.89 Å². The Kier molecular flexibility index (Phi) is 5.31. The predicted octanol–water partition coefficient (Wildman–Crippen LogP) is 4.94. The standard InChI is InChI=1S/C22H19BrN4O2/c1-15-5-3-6-18(13-15)26(2)20(28)14-27-12-4-7-19(27)22-24-21(25-29-22)16-8-10-17(23)11-9-16/h3-13H,14H2,1-2H3. The van der Waals surface area contributed by atoms with Crippen LogP contribution >= 0.6 is 15.9 Å². The zero-order valence-electron chi connectivity index (χ0n) is 16.0. The van der Waals surface area contributed by atoms with Gasteiger partial charge < -0.3 is 14.0 Å². The Labute approximate surface area is 176 Å². The molecule has 4 rings (SSSR count). The molecule has 0 bridgehead atoms. The Bertz CT molecular complexity index is 1150. The second kappa shape index (κ2) is 8.05. The van der Waals surface area contributed by atoms with Crippen molar-refractivity contribution in [3.8, 4) is 23.0 Å². The van der Waals surface area contributed by atoms with Crippen LogP contribution in [-0.2, 0) is 11.3 Å². The number of hydrogen-bond acceptors (Lipinski definition) is 4. The number of nitrogens with zero attached hydrogens (tertiary/aromatic N) is 4.